The number of ether oxygens (including phenoxy) is 1. The van der Waals surface area contributed by atoms with Crippen molar-refractivity contribution in [1.29, 1.82) is 0 Å². The van der Waals surface area contributed by atoms with Crippen LogP contribution in [0, 0.1) is 0 Å². The topological polar surface area (TPSA) is 51.5 Å². The molecule has 1 N–H and O–H groups in total. The van der Waals surface area contributed by atoms with Gasteiger partial charge in [0.15, 0.2) is 5.76 Å². The molecule has 124 valence electrons. The number of furan rings is 1. The number of rotatable bonds is 5. The molecule has 0 spiro atoms. The fraction of sp³-hybridized carbons (Fsp3) is 0.312. The Bertz CT molecular complexity index is 679. The van der Waals surface area contributed by atoms with E-state index < -0.39 is 23.7 Å². The SMILES string of the molecule is COCc1ccc(C(=O)NC(C)c2cccc(C(F)(F)F)c2)o1. The second-order valence-electron chi connectivity index (χ2n) is 5.02. The van der Waals surface area contributed by atoms with Gasteiger partial charge in [0, 0.05) is 7.11 Å². The van der Waals surface area contributed by atoms with Gasteiger partial charge in [-0.05, 0) is 36.8 Å². The molecule has 4 nitrogen and oxygen atoms in total. The number of carbonyl (C=O) groups is 1. The lowest BCUT2D eigenvalue weighted by molar-refractivity contribution is -0.137. The zero-order valence-electron chi connectivity index (χ0n) is 12.6. The summed E-state index contributed by atoms with van der Waals surface area (Å²) in [4.78, 5) is 12.1. The van der Waals surface area contributed by atoms with Crippen LogP contribution in [-0.2, 0) is 17.5 Å². The maximum Gasteiger partial charge on any atom is 0.416 e. The maximum atomic E-state index is 12.7. The average molecular weight is 327 g/mol. The molecule has 2 aromatic rings. The van der Waals surface area contributed by atoms with Crippen LogP contribution in [0.2, 0.25) is 0 Å². The monoisotopic (exact) mass is 327 g/mol. The summed E-state index contributed by atoms with van der Waals surface area (Å²) in [5.74, 6) is 0.0671. The molecule has 1 aromatic carbocycles. The Hall–Kier alpha value is -2.28. The van der Waals surface area contributed by atoms with Crippen LogP contribution in [0.5, 0.6) is 0 Å². The second-order valence-corrected chi connectivity index (χ2v) is 5.02. The van der Waals surface area contributed by atoms with E-state index >= 15 is 0 Å². The van der Waals surface area contributed by atoms with Crippen LogP contribution in [0.3, 0.4) is 0 Å². The zero-order valence-corrected chi connectivity index (χ0v) is 12.6. The molecule has 1 unspecified atom stereocenters. The van der Waals surface area contributed by atoms with Gasteiger partial charge in [-0.1, -0.05) is 12.1 Å². The minimum absolute atomic E-state index is 0.0795. The summed E-state index contributed by atoms with van der Waals surface area (Å²) in [7, 11) is 1.50. The molecule has 0 aliphatic heterocycles. The number of alkyl halides is 3. The summed E-state index contributed by atoms with van der Waals surface area (Å²) in [6.45, 7) is 1.84. The van der Waals surface area contributed by atoms with Crippen LogP contribution < -0.4 is 5.32 Å². The van der Waals surface area contributed by atoms with E-state index in [1.807, 2.05) is 0 Å². The zero-order chi connectivity index (χ0) is 17.0. The van der Waals surface area contributed by atoms with Crippen LogP contribution in [0.15, 0.2) is 40.8 Å². The second kappa shape index (κ2) is 6.87. The van der Waals surface area contributed by atoms with E-state index in [-0.39, 0.29) is 12.4 Å². The molecule has 1 heterocycles. The highest BCUT2D eigenvalue weighted by Gasteiger charge is 2.30. The summed E-state index contributed by atoms with van der Waals surface area (Å²) < 4.78 is 48.3. The van der Waals surface area contributed by atoms with Crippen LogP contribution in [-0.4, -0.2) is 13.0 Å². The number of hydrogen-bond donors (Lipinski definition) is 1. The molecular weight excluding hydrogens is 311 g/mol. The van der Waals surface area contributed by atoms with Crippen molar-refractivity contribution >= 4 is 5.91 Å². The van der Waals surface area contributed by atoms with Crippen molar-refractivity contribution in [1.82, 2.24) is 5.32 Å². The number of methoxy groups -OCH3 is 1. The van der Waals surface area contributed by atoms with Gasteiger partial charge in [0.1, 0.15) is 12.4 Å². The maximum absolute atomic E-state index is 12.7. The van der Waals surface area contributed by atoms with Crippen molar-refractivity contribution < 1.29 is 27.1 Å². The third-order valence-electron chi connectivity index (χ3n) is 3.23. The molecule has 1 amide bonds. The number of carbonyl (C=O) groups excluding carboxylic acids is 1. The van der Waals surface area contributed by atoms with Crippen molar-refractivity contribution in [3.05, 3.63) is 59.0 Å². The van der Waals surface area contributed by atoms with Crippen molar-refractivity contribution in [2.24, 2.45) is 0 Å². The predicted molar refractivity (Wildman–Crippen MR) is 76.7 cm³/mol. The van der Waals surface area contributed by atoms with Gasteiger partial charge in [-0.3, -0.25) is 4.79 Å². The Morgan fingerprint density at radius 2 is 2.04 bits per heavy atom. The number of amides is 1. The first-order valence-electron chi connectivity index (χ1n) is 6.87. The van der Waals surface area contributed by atoms with Gasteiger partial charge in [0.25, 0.3) is 5.91 Å². The highest BCUT2D eigenvalue weighted by Crippen LogP contribution is 2.30. The van der Waals surface area contributed by atoms with Crippen molar-refractivity contribution in [2.75, 3.05) is 7.11 Å². The molecule has 7 heteroatoms. The Morgan fingerprint density at radius 3 is 2.70 bits per heavy atom. The molecule has 0 bridgehead atoms. The Kier molecular flexibility index (Phi) is 5.10. The van der Waals surface area contributed by atoms with Gasteiger partial charge in [-0.15, -0.1) is 0 Å². The smallest absolute Gasteiger partial charge is 0.416 e. The molecule has 1 aromatic heterocycles. The molecule has 23 heavy (non-hydrogen) atoms. The normalized spacial score (nSPS) is 12.9. The summed E-state index contributed by atoms with van der Waals surface area (Å²) in [6.07, 6.45) is -4.42. The van der Waals surface area contributed by atoms with Crippen LogP contribution in [0.4, 0.5) is 13.2 Å². The fourth-order valence-corrected chi connectivity index (χ4v) is 2.06. The summed E-state index contributed by atoms with van der Waals surface area (Å²) in [5, 5.41) is 2.61. The van der Waals surface area contributed by atoms with Crippen molar-refractivity contribution in [3.63, 3.8) is 0 Å². The minimum Gasteiger partial charge on any atom is -0.453 e. The third kappa shape index (κ3) is 4.35. The summed E-state index contributed by atoms with van der Waals surface area (Å²) in [6, 6.07) is 7.34. The average Bonchev–Trinajstić information content (AvgIpc) is 2.95. The third-order valence-corrected chi connectivity index (χ3v) is 3.23. The van der Waals surface area contributed by atoms with E-state index in [4.69, 9.17) is 9.15 Å². The van der Waals surface area contributed by atoms with Crippen molar-refractivity contribution in [2.45, 2.75) is 25.7 Å². The van der Waals surface area contributed by atoms with Gasteiger partial charge < -0.3 is 14.5 Å². The fourth-order valence-electron chi connectivity index (χ4n) is 2.06. The van der Waals surface area contributed by atoms with Gasteiger partial charge in [0.05, 0.1) is 11.6 Å². The molecule has 0 radical (unpaired) electrons. The standard InChI is InChI=1S/C16H16F3NO3/c1-10(11-4-3-5-12(8-11)16(17,18)19)20-15(21)14-7-6-13(23-14)9-22-2/h3-8,10H,9H2,1-2H3,(H,20,21). The van der Waals surface area contributed by atoms with E-state index in [0.717, 1.165) is 12.1 Å². The number of halogens is 3. The molecule has 0 saturated heterocycles. The lowest BCUT2D eigenvalue weighted by Crippen LogP contribution is -2.26. The van der Waals surface area contributed by atoms with Crippen LogP contribution in [0.1, 0.15) is 40.4 Å². The molecule has 0 aliphatic carbocycles. The van der Waals surface area contributed by atoms with Gasteiger partial charge >= 0.3 is 6.18 Å². The molecule has 2 rings (SSSR count). The van der Waals surface area contributed by atoms with Gasteiger partial charge in [0.2, 0.25) is 0 Å². The first kappa shape index (κ1) is 17.1. The lowest BCUT2D eigenvalue weighted by Gasteiger charge is -2.15. The summed E-state index contributed by atoms with van der Waals surface area (Å²) in [5.41, 5.74) is -0.395. The Morgan fingerprint density at radius 1 is 1.30 bits per heavy atom. The quantitative estimate of drug-likeness (QED) is 0.905. The van der Waals surface area contributed by atoms with Crippen LogP contribution >= 0.6 is 0 Å². The first-order chi connectivity index (χ1) is 10.8. The Labute approximate surface area is 131 Å². The van der Waals surface area contributed by atoms with E-state index in [9.17, 15) is 18.0 Å². The highest BCUT2D eigenvalue weighted by atomic mass is 19.4. The lowest BCUT2D eigenvalue weighted by atomic mass is 10.0. The van der Waals surface area contributed by atoms with Gasteiger partial charge in [-0.25, -0.2) is 0 Å². The van der Waals surface area contributed by atoms with Crippen molar-refractivity contribution in [3.8, 4) is 0 Å². The number of hydrogen-bond acceptors (Lipinski definition) is 3. The minimum atomic E-state index is -4.42. The molecule has 0 fully saturated rings. The molecule has 0 aliphatic rings. The van der Waals surface area contributed by atoms with E-state index in [2.05, 4.69) is 5.32 Å². The van der Waals surface area contributed by atoms with E-state index in [1.54, 1.807) is 13.0 Å². The molecular formula is C16H16F3NO3. The molecule has 1 atom stereocenters. The highest BCUT2D eigenvalue weighted by molar-refractivity contribution is 5.91. The van der Waals surface area contributed by atoms with E-state index in [0.29, 0.717) is 11.3 Å². The first-order valence-corrected chi connectivity index (χ1v) is 6.87. The van der Waals surface area contributed by atoms with Gasteiger partial charge in [-0.2, -0.15) is 13.2 Å². The predicted octanol–water partition coefficient (Wildman–Crippen LogP) is 3.94. The molecule has 0 saturated carbocycles. The number of benzene rings is 1. The summed E-state index contributed by atoms with van der Waals surface area (Å²) >= 11 is 0. The Balaban J connectivity index is 2.08. The van der Waals surface area contributed by atoms with E-state index in [1.165, 1.54) is 25.3 Å². The largest absolute Gasteiger partial charge is 0.453 e. The van der Waals surface area contributed by atoms with Crippen LogP contribution in [0.25, 0.3) is 0 Å². The number of nitrogens with one attached hydrogen (secondary N) is 1.